The molecule has 0 spiro atoms. The summed E-state index contributed by atoms with van der Waals surface area (Å²) in [6.45, 7) is 6.31. The summed E-state index contributed by atoms with van der Waals surface area (Å²) in [5, 5.41) is 0. The van der Waals surface area contributed by atoms with Crippen LogP contribution in [0.5, 0.6) is 0 Å². The van der Waals surface area contributed by atoms with E-state index in [1.165, 1.54) is 5.69 Å². The molecule has 1 aromatic heterocycles. The number of carbonyl (C=O) groups is 1. The van der Waals surface area contributed by atoms with Crippen LogP contribution in [0.1, 0.15) is 19.5 Å². The van der Waals surface area contributed by atoms with Gasteiger partial charge in [-0.2, -0.15) is 0 Å². The summed E-state index contributed by atoms with van der Waals surface area (Å²) in [5.41, 5.74) is 3.28. The minimum absolute atomic E-state index is 0.0988. The van der Waals surface area contributed by atoms with Crippen LogP contribution in [-0.4, -0.2) is 28.5 Å². The third-order valence-corrected chi connectivity index (χ3v) is 4.19. The Kier molecular flexibility index (Phi) is 3.88. The first kappa shape index (κ1) is 14.6. The standard InChI is InChI=1S/C17H22N4O/c1-13-9-20(11-15-8-18-12-19(15)3)16-6-4-5-7-17(16)21(10-13)14(2)22/h4-8,12-13H,9-11H2,1-3H3. The number of hydrogen-bond donors (Lipinski definition) is 0. The molecule has 3 rings (SSSR count). The molecule has 0 saturated heterocycles. The molecule has 1 aliphatic rings. The van der Waals surface area contributed by atoms with Crippen LogP contribution in [0.25, 0.3) is 0 Å². The van der Waals surface area contributed by atoms with Gasteiger partial charge in [-0.05, 0) is 18.1 Å². The number of rotatable bonds is 2. The van der Waals surface area contributed by atoms with Crippen molar-refractivity contribution in [3.8, 4) is 0 Å². The highest BCUT2D eigenvalue weighted by atomic mass is 16.2. The summed E-state index contributed by atoms with van der Waals surface area (Å²) in [6, 6.07) is 8.15. The number of para-hydroxylation sites is 2. The summed E-state index contributed by atoms with van der Waals surface area (Å²) in [7, 11) is 2.01. The third kappa shape index (κ3) is 2.71. The Morgan fingerprint density at radius 1 is 1.27 bits per heavy atom. The number of fused-ring (bicyclic) bond motifs is 1. The average Bonchev–Trinajstić information content (AvgIpc) is 2.82. The highest BCUT2D eigenvalue weighted by molar-refractivity contribution is 5.95. The number of aromatic nitrogens is 2. The van der Waals surface area contributed by atoms with Crippen molar-refractivity contribution in [2.24, 2.45) is 13.0 Å². The molecule has 1 unspecified atom stereocenters. The second-order valence-corrected chi connectivity index (χ2v) is 6.10. The molecule has 2 heterocycles. The second-order valence-electron chi connectivity index (χ2n) is 6.10. The van der Waals surface area contributed by atoms with Gasteiger partial charge in [0.25, 0.3) is 0 Å². The van der Waals surface area contributed by atoms with Gasteiger partial charge in [0, 0.05) is 33.3 Å². The molecule has 0 saturated carbocycles. The maximum absolute atomic E-state index is 12.0. The normalized spacial score (nSPS) is 18.0. The number of carbonyl (C=O) groups excluding carboxylic acids is 1. The Bertz CT molecular complexity index is 679. The quantitative estimate of drug-likeness (QED) is 0.855. The molecular formula is C17H22N4O. The van der Waals surface area contributed by atoms with Gasteiger partial charge < -0.3 is 14.4 Å². The Hall–Kier alpha value is -2.30. The molecule has 0 radical (unpaired) electrons. The molecule has 0 bridgehead atoms. The highest BCUT2D eigenvalue weighted by Crippen LogP contribution is 2.34. The van der Waals surface area contributed by atoms with E-state index in [4.69, 9.17) is 0 Å². The number of aryl methyl sites for hydroxylation is 1. The van der Waals surface area contributed by atoms with Gasteiger partial charge >= 0.3 is 0 Å². The van der Waals surface area contributed by atoms with E-state index < -0.39 is 0 Å². The zero-order chi connectivity index (χ0) is 15.7. The maximum Gasteiger partial charge on any atom is 0.223 e. The molecule has 1 aliphatic heterocycles. The van der Waals surface area contributed by atoms with Gasteiger partial charge in [0.2, 0.25) is 5.91 Å². The van der Waals surface area contributed by atoms with E-state index in [2.05, 4.69) is 22.9 Å². The van der Waals surface area contributed by atoms with Crippen molar-refractivity contribution in [3.63, 3.8) is 0 Å². The lowest BCUT2D eigenvalue weighted by molar-refractivity contribution is -0.116. The number of hydrogen-bond acceptors (Lipinski definition) is 3. The largest absolute Gasteiger partial charge is 0.364 e. The van der Waals surface area contributed by atoms with Crippen LogP contribution in [0.4, 0.5) is 11.4 Å². The van der Waals surface area contributed by atoms with Crippen molar-refractivity contribution in [1.29, 1.82) is 0 Å². The van der Waals surface area contributed by atoms with Crippen molar-refractivity contribution in [3.05, 3.63) is 42.5 Å². The van der Waals surface area contributed by atoms with Crippen LogP contribution >= 0.6 is 0 Å². The SMILES string of the molecule is CC(=O)N1CC(C)CN(Cc2cncn2C)c2ccccc21. The Morgan fingerprint density at radius 2 is 2.00 bits per heavy atom. The topological polar surface area (TPSA) is 41.4 Å². The fourth-order valence-corrected chi connectivity index (χ4v) is 3.08. The van der Waals surface area contributed by atoms with Crippen molar-refractivity contribution in [2.45, 2.75) is 20.4 Å². The summed E-state index contributed by atoms with van der Waals surface area (Å²) in [6.07, 6.45) is 3.73. The Morgan fingerprint density at radius 3 is 2.64 bits per heavy atom. The van der Waals surface area contributed by atoms with E-state index in [1.807, 2.05) is 47.2 Å². The van der Waals surface area contributed by atoms with Crippen molar-refractivity contribution >= 4 is 17.3 Å². The predicted octanol–water partition coefficient (Wildman–Crippen LogP) is 2.43. The van der Waals surface area contributed by atoms with E-state index in [0.29, 0.717) is 5.92 Å². The molecule has 0 N–H and O–H groups in total. The van der Waals surface area contributed by atoms with E-state index in [0.717, 1.165) is 31.0 Å². The van der Waals surface area contributed by atoms with Crippen LogP contribution in [0.3, 0.4) is 0 Å². The lowest BCUT2D eigenvalue weighted by atomic mass is 10.1. The van der Waals surface area contributed by atoms with Gasteiger partial charge in [-0.15, -0.1) is 0 Å². The van der Waals surface area contributed by atoms with Gasteiger partial charge in [0.15, 0.2) is 0 Å². The molecule has 22 heavy (non-hydrogen) atoms. The highest BCUT2D eigenvalue weighted by Gasteiger charge is 2.26. The fourth-order valence-electron chi connectivity index (χ4n) is 3.08. The molecule has 0 aliphatic carbocycles. The smallest absolute Gasteiger partial charge is 0.223 e. The average molecular weight is 298 g/mol. The molecule has 5 heteroatoms. The van der Waals surface area contributed by atoms with E-state index in [1.54, 1.807) is 6.92 Å². The Labute approximate surface area is 131 Å². The molecule has 5 nitrogen and oxygen atoms in total. The predicted molar refractivity (Wildman–Crippen MR) is 87.9 cm³/mol. The second kappa shape index (κ2) is 5.83. The molecule has 2 aromatic rings. The summed E-state index contributed by atoms with van der Waals surface area (Å²) in [5.74, 6) is 0.506. The molecular weight excluding hydrogens is 276 g/mol. The first-order valence-electron chi connectivity index (χ1n) is 7.63. The molecule has 0 fully saturated rings. The molecule has 116 valence electrons. The van der Waals surface area contributed by atoms with E-state index >= 15 is 0 Å². The van der Waals surface area contributed by atoms with Gasteiger partial charge in [0.05, 0.1) is 29.9 Å². The van der Waals surface area contributed by atoms with Crippen LogP contribution < -0.4 is 9.80 Å². The monoisotopic (exact) mass is 298 g/mol. The maximum atomic E-state index is 12.0. The van der Waals surface area contributed by atoms with E-state index in [-0.39, 0.29) is 5.91 Å². The summed E-state index contributed by atoms with van der Waals surface area (Å²) >= 11 is 0. The number of amides is 1. The minimum atomic E-state index is 0.0988. The Balaban J connectivity index is 2.00. The third-order valence-electron chi connectivity index (χ3n) is 4.19. The number of imidazole rings is 1. The fraction of sp³-hybridized carbons (Fsp3) is 0.412. The lowest BCUT2D eigenvalue weighted by Crippen LogP contribution is -2.33. The van der Waals surface area contributed by atoms with Crippen molar-refractivity contribution < 1.29 is 4.79 Å². The lowest BCUT2D eigenvalue weighted by Gasteiger charge is -2.26. The molecule has 1 amide bonds. The first-order chi connectivity index (χ1) is 10.6. The van der Waals surface area contributed by atoms with Crippen molar-refractivity contribution in [1.82, 2.24) is 9.55 Å². The zero-order valence-electron chi connectivity index (χ0n) is 13.4. The molecule has 1 aromatic carbocycles. The first-order valence-corrected chi connectivity index (χ1v) is 7.63. The van der Waals surface area contributed by atoms with Crippen molar-refractivity contribution in [2.75, 3.05) is 22.9 Å². The summed E-state index contributed by atoms with van der Waals surface area (Å²) in [4.78, 5) is 20.5. The van der Waals surface area contributed by atoms with Crippen LogP contribution in [0.2, 0.25) is 0 Å². The van der Waals surface area contributed by atoms with Gasteiger partial charge in [-0.1, -0.05) is 19.1 Å². The minimum Gasteiger partial charge on any atom is -0.364 e. The van der Waals surface area contributed by atoms with Gasteiger partial charge in [-0.25, -0.2) is 4.98 Å². The zero-order valence-corrected chi connectivity index (χ0v) is 13.4. The van der Waals surface area contributed by atoms with Crippen LogP contribution in [0.15, 0.2) is 36.8 Å². The number of anilines is 2. The van der Waals surface area contributed by atoms with Gasteiger partial charge in [-0.3, -0.25) is 4.79 Å². The van der Waals surface area contributed by atoms with E-state index in [9.17, 15) is 4.79 Å². The molecule has 1 atom stereocenters. The summed E-state index contributed by atoms with van der Waals surface area (Å²) < 4.78 is 2.04. The van der Waals surface area contributed by atoms with Gasteiger partial charge in [0.1, 0.15) is 0 Å². The van der Waals surface area contributed by atoms with Crippen LogP contribution in [-0.2, 0) is 18.4 Å². The number of nitrogens with zero attached hydrogens (tertiary/aromatic N) is 4. The van der Waals surface area contributed by atoms with Crippen LogP contribution in [0, 0.1) is 5.92 Å². The number of benzene rings is 1.